The number of thiazole rings is 1. The van der Waals surface area contributed by atoms with Crippen LogP contribution in [0.25, 0.3) is 10.6 Å². The molecule has 102 valence electrons. The normalized spacial score (nSPS) is 11.8. The van der Waals surface area contributed by atoms with Gasteiger partial charge in [-0.15, -0.1) is 11.3 Å². The fourth-order valence-electron chi connectivity index (χ4n) is 2.01. The van der Waals surface area contributed by atoms with Gasteiger partial charge in [0.05, 0.1) is 10.7 Å². The molecule has 0 spiro atoms. The highest BCUT2D eigenvalue weighted by molar-refractivity contribution is 7.15. The van der Waals surface area contributed by atoms with E-state index >= 15 is 0 Å². The van der Waals surface area contributed by atoms with Gasteiger partial charge in [0, 0.05) is 16.0 Å². The van der Waals surface area contributed by atoms with Crippen molar-refractivity contribution >= 4 is 22.9 Å². The van der Waals surface area contributed by atoms with Crippen LogP contribution in [0.3, 0.4) is 0 Å². The molecule has 1 heterocycles. The summed E-state index contributed by atoms with van der Waals surface area (Å²) in [5.41, 5.74) is 7.99. The average molecular weight is 295 g/mol. The minimum absolute atomic E-state index is 0.359. The van der Waals surface area contributed by atoms with Crippen molar-refractivity contribution < 1.29 is 0 Å². The molecular formula is C15H19ClN2S. The van der Waals surface area contributed by atoms with Gasteiger partial charge in [-0.3, -0.25) is 0 Å². The molecule has 0 amide bonds. The van der Waals surface area contributed by atoms with Crippen LogP contribution in [0.5, 0.6) is 0 Å². The van der Waals surface area contributed by atoms with Crippen molar-refractivity contribution in [1.82, 2.24) is 4.98 Å². The molecule has 0 aliphatic carbocycles. The highest BCUT2D eigenvalue weighted by Crippen LogP contribution is 2.36. The third-order valence-electron chi connectivity index (χ3n) is 2.87. The molecule has 0 bridgehead atoms. The van der Waals surface area contributed by atoms with Crippen molar-refractivity contribution in [3.05, 3.63) is 39.9 Å². The summed E-state index contributed by atoms with van der Waals surface area (Å²) in [6.45, 7) is 6.20. The maximum atomic E-state index is 6.25. The Morgan fingerprint density at radius 1 is 1.32 bits per heavy atom. The van der Waals surface area contributed by atoms with Crippen LogP contribution in [0.4, 0.5) is 0 Å². The van der Waals surface area contributed by atoms with Crippen LogP contribution >= 0.6 is 22.9 Å². The van der Waals surface area contributed by atoms with E-state index in [1.165, 1.54) is 0 Å². The van der Waals surface area contributed by atoms with E-state index in [2.05, 4.69) is 6.92 Å². The lowest BCUT2D eigenvalue weighted by Gasteiger charge is -2.17. The van der Waals surface area contributed by atoms with Crippen LogP contribution in [0.15, 0.2) is 24.3 Å². The van der Waals surface area contributed by atoms with Gasteiger partial charge >= 0.3 is 0 Å². The Labute approximate surface area is 123 Å². The van der Waals surface area contributed by atoms with Gasteiger partial charge in [0.1, 0.15) is 5.01 Å². The van der Waals surface area contributed by atoms with E-state index in [-0.39, 0.29) is 5.54 Å². The second-order valence-corrected chi connectivity index (χ2v) is 6.65. The highest BCUT2D eigenvalue weighted by Gasteiger charge is 2.23. The summed E-state index contributed by atoms with van der Waals surface area (Å²) < 4.78 is 0. The van der Waals surface area contributed by atoms with Crippen molar-refractivity contribution in [3.8, 4) is 10.6 Å². The first-order chi connectivity index (χ1) is 8.93. The number of hydrogen-bond donors (Lipinski definition) is 1. The molecule has 0 fully saturated rings. The smallest absolute Gasteiger partial charge is 0.125 e. The van der Waals surface area contributed by atoms with Gasteiger partial charge in [0.25, 0.3) is 0 Å². The lowest BCUT2D eigenvalue weighted by atomic mass is 10.0. The minimum atomic E-state index is -0.359. The Bertz CT molecular complexity index is 570. The summed E-state index contributed by atoms with van der Waals surface area (Å²) in [4.78, 5) is 5.91. The van der Waals surface area contributed by atoms with E-state index in [0.717, 1.165) is 39.0 Å². The summed E-state index contributed by atoms with van der Waals surface area (Å²) in [6, 6.07) is 7.81. The molecule has 2 nitrogen and oxygen atoms in total. The third kappa shape index (κ3) is 3.16. The van der Waals surface area contributed by atoms with Gasteiger partial charge < -0.3 is 5.73 Å². The van der Waals surface area contributed by atoms with Gasteiger partial charge in [-0.1, -0.05) is 43.1 Å². The van der Waals surface area contributed by atoms with Gasteiger partial charge in [0.2, 0.25) is 0 Å². The molecular weight excluding hydrogens is 276 g/mol. The van der Waals surface area contributed by atoms with Crippen molar-refractivity contribution in [2.24, 2.45) is 5.73 Å². The van der Waals surface area contributed by atoms with Crippen molar-refractivity contribution in [1.29, 1.82) is 0 Å². The molecule has 0 aliphatic rings. The Balaban J connectivity index is 2.52. The Hall–Kier alpha value is -0.900. The number of aryl methyl sites for hydroxylation is 1. The van der Waals surface area contributed by atoms with Crippen LogP contribution in [0.2, 0.25) is 5.02 Å². The number of rotatable bonds is 4. The van der Waals surface area contributed by atoms with E-state index in [1.807, 2.05) is 38.1 Å². The molecule has 0 unspecified atom stereocenters. The number of aromatic nitrogens is 1. The van der Waals surface area contributed by atoms with Crippen molar-refractivity contribution in [2.75, 3.05) is 0 Å². The monoisotopic (exact) mass is 294 g/mol. The number of hydrogen-bond acceptors (Lipinski definition) is 3. The second-order valence-electron chi connectivity index (χ2n) is 5.25. The summed E-state index contributed by atoms with van der Waals surface area (Å²) in [5.74, 6) is 0. The summed E-state index contributed by atoms with van der Waals surface area (Å²) >= 11 is 7.90. The molecule has 0 atom stereocenters. The molecule has 1 aromatic heterocycles. The third-order valence-corrected chi connectivity index (χ3v) is 4.67. The van der Waals surface area contributed by atoms with Crippen LogP contribution in [0, 0.1) is 0 Å². The number of halogens is 1. The molecule has 4 heteroatoms. The van der Waals surface area contributed by atoms with Gasteiger partial charge in [0.15, 0.2) is 0 Å². The van der Waals surface area contributed by atoms with Gasteiger partial charge in [-0.05, 0) is 26.3 Å². The SMILES string of the molecule is CCCc1nc(-c2ccccc2Cl)sc1C(C)(C)N. The zero-order valence-electron chi connectivity index (χ0n) is 11.5. The Morgan fingerprint density at radius 2 is 2.00 bits per heavy atom. The predicted octanol–water partition coefficient (Wildman–Crippen LogP) is 4.61. The molecule has 0 aliphatic heterocycles. The standard InChI is InChI=1S/C15H19ClN2S/c1-4-7-12-13(15(2,3)17)19-14(18-12)10-8-5-6-9-11(10)16/h5-6,8-9H,4,7,17H2,1-3H3. The predicted molar refractivity (Wildman–Crippen MR) is 83.8 cm³/mol. The van der Waals surface area contributed by atoms with E-state index in [0.29, 0.717) is 0 Å². The van der Waals surface area contributed by atoms with Gasteiger partial charge in [-0.2, -0.15) is 0 Å². The van der Waals surface area contributed by atoms with Gasteiger partial charge in [-0.25, -0.2) is 4.98 Å². The number of nitrogens with zero attached hydrogens (tertiary/aromatic N) is 1. The molecule has 19 heavy (non-hydrogen) atoms. The molecule has 2 rings (SSSR count). The largest absolute Gasteiger partial charge is 0.321 e. The average Bonchev–Trinajstić information content (AvgIpc) is 2.74. The van der Waals surface area contributed by atoms with Crippen LogP contribution in [0.1, 0.15) is 37.8 Å². The molecule has 2 N–H and O–H groups in total. The van der Waals surface area contributed by atoms with Crippen molar-refractivity contribution in [2.45, 2.75) is 39.2 Å². The Kier molecular flexibility index (Phi) is 4.29. The molecule has 0 saturated carbocycles. The maximum absolute atomic E-state index is 6.25. The topological polar surface area (TPSA) is 38.9 Å². The van der Waals surface area contributed by atoms with Crippen LogP contribution < -0.4 is 5.73 Å². The first kappa shape index (κ1) is 14.5. The fraction of sp³-hybridized carbons (Fsp3) is 0.400. The summed E-state index contributed by atoms with van der Waals surface area (Å²) in [5, 5.41) is 1.70. The highest BCUT2D eigenvalue weighted by atomic mass is 35.5. The maximum Gasteiger partial charge on any atom is 0.125 e. The lowest BCUT2D eigenvalue weighted by Crippen LogP contribution is -2.28. The fourth-order valence-corrected chi connectivity index (χ4v) is 3.46. The van der Waals surface area contributed by atoms with Crippen LogP contribution in [-0.2, 0) is 12.0 Å². The summed E-state index contributed by atoms with van der Waals surface area (Å²) in [7, 11) is 0. The van der Waals surface area contributed by atoms with Crippen LogP contribution in [-0.4, -0.2) is 4.98 Å². The number of benzene rings is 1. The van der Waals surface area contributed by atoms with Crippen molar-refractivity contribution in [3.63, 3.8) is 0 Å². The zero-order chi connectivity index (χ0) is 14.0. The number of nitrogens with two attached hydrogens (primary N) is 1. The van der Waals surface area contributed by atoms with E-state index < -0.39 is 0 Å². The Morgan fingerprint density at radius 3 is 2.58 bits per heavy atom. The second kappa shape index (κ2) is 5.61. The lowest BCUT2D eigenvalue weighted by molar-refractivity contribution is 0.557. The molecule has 0 radical (unpaired) electrons. The quantitative estimate of drug-likeness (QED) is 0.894. The first-order valence-electron chi connectivity index (χ1n) is 6.47. The minimum Gasteiger partial charge on any atom is -0.321 e. The molecule has 2 aromatic rings. The molecule has 1 aromatic carbocycles. The van der Waals surface area contributed by atoms with E-state index in [1.54, 1.807) is 11.3 Å². The van der Waals surface area contributed by atoms with E-state index in [4.69, 9.17) is 22.3 Å². The first-order valence-corrected chi connectivity index (χ1v) is 7.67. The molecule has 0 saturated heterocycles. The zero-order valence-corrected chi connectivity index (χ0v) is 13.1. The van der Waals surface area contributed by atoms with E-state index in [9.17, 15) is 0 Å². The summed E-state index contributed by atoms with van der Waals surface area (Å²) in [6.07, 6.45) is 2.02.